The Morgan fingerprint density at radius 3 is 2.47 bits per heavy atom. The second-order valence-electron chi connectivity index (χ2n) is 5.53. The molecule has 0 heterocycles. The van der Waals surface area contributed by atoms with Gasteiger partial charge in [0.15, 0.2) is 5.78 Å². The first-order valence-corrected chi connectivity index (χ1v) is 6.23. The number of unbranched alkanes of at least 4 members (excludes halogenated alkanes) is 1. The van der Waals surface area contributed by atoms with Gasteiger partial charge in [0.1, 0.15) is 5.75 Å². The maximum atomic E-state index is 12.2. The Hall–Kier alpha value is -1.31. The highest BCUT2D eigenvalue weighted by molar-refractivity contribution is 6.02. The zero-order valence-electron chi connectivity index (χ0n) is 11.2. The van der Waals surface area contributed by atoms with Gasteiger partial charge in [0.05, 0.1) is 5.56 Å². The molecule has 0 bridgehead atoms. The number of hydrogen-bond donors (Lipinski definition) is 1. The van der Waals surface area contributed by atoms with Crippen LogP contribution in [0.25, 0.3) is 0 Å². The molecule has 2 nitrogen and oxygen atoms in total. The standard InChI is InChI=1S/C15H22O2/c1-5-6-7-11-8-9-13(16)12(10-11)14(17)15(2,3)4/h8-10,16H,5-7H2,1-4H3. The lowest BCUT2D eigenvalue weighted by Crippen LogP contribution is -2.20. The molecule has 0 aliphatic heterocycles. The van der Waals surface area contributed by atoms with Crippen LogP contribution in [-0.4, -0.2) is 10.9 Å². The van der Waals surface area contributed by atoms with Crippen LogP contribution in [0.15, 0.2) is 18.2 Å². The van der Waals surface area contributed by atoms with Crippen LogP contribution in [0.4, 0.5) is 0 Å². The molecule has 0 unspecified atom stereocenters. The van der Waals surface area contributed by atoms with E-state index in [1.165, 1.54) is 0 Å². The van der Waals surface area contributed by atoms with Crippen LogP contribution in [-0.2, 0) is 6.42 Å². The van der Waals surface area contributed by atoms with Gasteiger partial charge in [-0.3, -0.25) is 4.79 Å². The van der Waals surface area contributed by atoms with E-state index >= 15 is 0 Å². The number of Topliss-reactive ketones (excluding diaryl/α,β-unsaturated/α-hetero) is 1. The van der Waals surface area contributed by atoms with Crippen molar-refractivity contribution in [2.45, 2.75) is 47.0 Å². The van der Waals surface area contributed by atoms with Crippen molar-refractivity contribution in [2.24, 2.45) is 5.41 Å². The Morgan fingerprint density at radius 2 is 1.94 bits per heavy atom. The van der Waals surface area contributed by atoms with Gasteiger partial charge >= 0.3 is 0 Å². The summed E-state index contributed by atoms with van der Waals surface area (Å²) in [6, 6.07) is 5.35. The average molecular weight is 234 g/mol. The minimum atomic E-state index is -0.457. The molecule has 1 aromatic rings. The van der Waals surface area contributed by atoms with Crippen LogP contribution in [0.5, 0.6) is 5.75 Å². The van der Waals surface area contributed by atoms with Gasteiger partial charge in [0, 0.05) is 5.41 Å². The SMILES string of the molecule is CCCCc1ccc(O)c(C(=O)C(C)(C)C)c1. The summed E-state index contributed by atoms with van der Waals surface area (Å²) in [4.78, 5) is 12.2. The first kappa shape index (κ1) is 13.8. The number of rotatable bonds is 4. The summed E-state index contributed by atoms with van der Waals surface area (Å²) in [6.45, 7) is 7.75. The van der Waals surface area contributed by atoms with Crippen molar-refractivity contribution < 1.29 is 9.90 Å². The highest BCUT2D eigenvalue weighted by atomic mass is 16.3. The average Bonchev–Trinajstić information content (AvgIpc) is 2.26. The molecule has 0 fully saturated rings. The summed E-state index contributed by atoms with van der Waals surface area (Å²) in [6.07, 6.45) is 3.19. The van der Waals surface area contributed by atoms with E-state index in [1.807, 2.05) is 32.9 Å². The number of carbonyl (C=O) groups is 1. The van der Waals surface area contributed by atoms with E-state index in [0.717, 1.165) is 24.8 Å². The molecule has 17 heavy (non-hydrogen) atoms. The van der Waals surface area contributed by atoms with E-state index in [9.17, 15) is 9.90 Å². The first-order valence-electron chi connectivity index (χ1n) is 6.23. The van der Waals surface area contributed by atoms with Crippen molar-refractivity contribution >= 4 is 5.78 Å². The lowest BCUT2D eigenvalue weighted by atomic mass is 9.85. The fraction of sp³-hybridized carbons (Fsp3) is 0.533. The van der Waals surface area contributed by atoms with Gasteiger partial charge < -0.3 is 5.11 Å². The molecule has 2 heteroatoms. The summed E-state index contributed by atoms with van der Waals surface area (Å²) >= 11 is 0. The number of benzene rings is 1. The summed E-state index contributed by atoms with van der Waals surface area (Å²) in [7, 11) is 0. The number of phenols is 1. The molecule has 0 aromatic heterocycles. The van der Waals surface area contributed by atoms with E-state index < -0.39 is 5.41 Å². The first-order chi connectivity index (χ1) is 7.86. The second kappa shape index (κ2) is 5.35. The van der Waals surface area contributed by atoms with Crippen LogP contribution in [0.3, 0.4) is 0 Å². The third-order valence-electron chi connectivity index (χ3n) is 2.81. The minimum absolute atomic E-state index is 0.00616. The zero-order valence-corrected chi connectivity index (χ0v) is 11.2. The van der Waals surface area contributed by atoms with Crippen molar-refractivity contribution in [3.8, 4) is 5.75 Å². The van der Waals surface area contributed by atoms with Gasteiger partial charge in [-0.2, -0.15) is 0 Å². The maximum absolute atomic E-state index is 12.2. The van der Waals surface area contributed by atoms with Gasteiger partial charge in [0.2, 0.25) is 0 Å². The van der Waals surface area contributed by atoms with E-state index in [1.54, 1.807) is 6.07 Å². The molecule has 1 aromatic carbocycles. The summed E-state index contributed by atoms with van der Waals surface area (Å²) in [5.41, 5.74) is 1.12. The Kier molecular flexibility index (Phi) is 4.33. The van der Waals surface area contributed by atoms with Crippen LogP contribution in [0.2, 0.25) is 0 Å². The maximum Gasteiger partial charge on any atom is 0.171 e. The van der Waals surface area contributed by atoms with Gasteiger partial charge in [-0.05, 0) is 30.5 Å². The Bertz CT molecular complexity index is 400. The largest absolute Gasteiger partial charge is 0.507 e. The summed E-state index contributed by atoms with van der Waals surface area (Å²) in [5, 5.41) is 9.77. The molecular formula is C15H22O2. The molecule has 0 aliphatic rings. The molecule has 0 radical (unpaired) electrons. The molecule has 0 spiro atoms. The molecule has 94 valence electrons. The third-order valence-corrected chi connectivity index (χ3v) is 2.81. The Labute approximate surface area is 104 Å². The highest BCUT2D eigenvalue weighted by Gasteiger charge is 2.25. The van der Waals surface area contributed by atoms with Crippen LogP contribution >= 0.6 is 0 Å². The number of aromatic hydroxyl groups is 1. The van der Waals surface area contributed by atoms with E-state index in [4.69, 9.17) is 0 Å². The predicted octanol–water partition coefficient (Wildman–Crippen LogP) is 3.96. The van der Waals surface area contributed by atoms with Crippen molar-refractivity contribution in [2.75, 3.05) is 0 Å². The quantitative estimate of drug-likeness (QED) is 0.800. The number of ketones is 1. The fourth-order valence-corrected chi connectivity index (χ4v) is 1.71. The minimum Gasteiger partial charge on any atom is -0.507 e. The van der Waals surface area contributed by atoms with Crippen molar-refractivity contribution in [3.05, 3.63) is 29.3 Å². The Balaban J connectivity index is 3.02. The van der Waals surface area contributed by atoms with Crippen molar-refractivity contribution in [1.29, 1.82) is 0 Å². The molecule has 0 aliphatic carbocycles. The lowest BCUT2D eigenvalue weighted by molar-refractivity contribution is 0.0855. The van der Waals surface area contributed by atoms with Gasteiger partial charge in [-0.15, -0.1) is 0 Å². The van der Waals surface area contributed by atoms with Crippen LogP contribution in [0.1, 0.15) is 56.5 Å². The van der Waals surface area contributed by atoms with E-state index in [0.29, 0.717) is 5.56 Å². The molecule has 0 saturated carbocycles. The van der Waals surface area contributed by atoms with Crippen LogP contribution < -0.4 is 0 Å². The number of hydrogen-bond acceptors (Lipinski definition) is 2. The van der Waals surface area contributed by atoms with Gasteiger partial charge in [-0.25, -0.2) is 0 Å². The van der Waals surface area contributed by atoms with Crippen LogP contribution in [0, 0.1) is 5.41 Å². The third kappa shape index (κ3) is 3.58. The highest BCUT2D eigenvalue weighted by Crippen LogP contribution is 2.28. The number of aryl methyl sites for hydroxylation is 1. The van der Waals surface area contributed by atoms with Crippen molar-refractivity contribution in [3.63, 3.8) is 0 Å². The summed E-state index contributed by atoms with van der Waals surface area (Å²) < 4.78 is 0. The monoisotopic (exact) mass is 234 g/mol. The van der Waals surface area contributed by atoms with E-state index in [-0.39, 0.29) is 11.5 Å². The number of carbonyl (C=O) groups excluding carboxylic acids is 1. The number of phenolic OH excluding ortho intramolecular Hbond substituents is 1. The predicted molar refractivity (Wildman–Crippen MR) is 70.5 cm³/mol. The smallest absolute Gasteiger partial charge is 0.171 e. The molecule has 1 N–H and O–H groups in total. The zero-order chi connectivity index (χ0) is 13.1. The fourth-order valence-electron chi connectivity index (χ4n) is 1.71. The van der Waals surface area contributed by atoms with Gasteiger partial charge in [-0.1, -0.05) is 40.2 Å². The van der Waals surface area contributed by atoms with Gasteiger partial charge in [0.25, 0.3) is 0 Å². The molecule has 0 amide bonds. The topological polar surface area (TPSA) is 37.3 Å². The second-order valence-corrected chi connectivity index (χ2v) is 5.53. The normalized spacial score (nSPS) is 11.5. The van der Waals surface area contributed by atoms with E-state index in [2.05, 4.69) is 6.92 Å². The lowest BCUT2D eigenvalue weighted by Gasteiger charge is -2.18. The summed E-state index contributed by atoms with van der Waals surface area (Å²) in [5.74, 6) is 0.0820. The molecule has 0 saturated heterocycles. The van der Waals surface area contributed by atoms with Crippen molar-refractivity contribution in [1.82, 2.24) is 0 Å². The molecule has 1 rings (SSSR count). The Morgan fingerprint density at radius 1 is 1.29 bits per heavy atom. The molecular weight excluding hydrogens is 212 g/mol. The molecule has 0 atom stereocenters.